The fourth-order valence-electron chi connectivity index (χ4n) is 5.61. The summed E-state index contributed by atoms with van der Waals surface area (Å²) in [5.41, 5.74) is 6.47. The SMILES string of the molecule is O=C(COc1ccc2c(c1)OCO2)N(Cc1cccs1)C1(C2CCCCCCCC2)CNNC1. The number of ether oxygens (including phenoxy) is 3. The zero-order chi connectivity index (χ0) is 23.2. The average Bonchev–Trinajstić information content (AvgIpc) is 3.63. The molecular weight excluding hydrogens is 450 g/mol. The third kappa shape index (κ3) is 5.19. The smallest absolute Gasteiger partial charge is 0.261 e. The molecule has 2 N–H and O–H groups in total. The minimum Gasteiger partial charge on any atom is -0.484 e. The largest absolute Gasteiger partial charge is 0.484 e. The molecule has 8 heteroatoms. The van der Waals surface area contributed by atoms with Crippen LogP contribution >= 0.6 is 11.3 Å². The fraction of sp³-hybridized carbons (Fsp3) is 0.577. The Morgan fingerprint density at radius 2 is 1.76 bits per heavy atom. The molecule has 0 radical (unpaired) electrons. The van der Waals surface area contributed by atoms with Crippen molar-refractivity contribution in [3.63, 3.8) is 0 Å². The first kappa shape index (κ1) is 23.5. The second kappa shape index (κ2) is 11.0. The van der Waals surface area contributed by atoms with Crippen molar-refractivity contribution in [2.24, 2.45) is 5.92 Å². The Bertz CT molecular complexity index is 936. The molecule has 34 heavy (non-hydrogen) atoms. The van der Waals surface area contributed by atoms with Gasteiger partial charge in [-0.15, -0.1) is 11.3 Å². The Morgan fingerprint density at radius 3 is 2.50 bits per heavy atom. The Morgan fingerprint density at radius 1 is 1.03 bits per heavy atom. The van der Waals surface area contributed by atoms with Crippen molar-refractivity contribution in [1.29, 1.82) is 0 Å². The molecule has 7 nitrogen and oxygen atoms in total. The van der Waals surface area contributed by atoms with Gasteiger partial charge in [0.2, 0.25) is 6.79 Å². The van der Waals surface area contributed by atoms with E-state index in [1.807, 2.05) is 12.1 Å². The predicted octanol–water partition coefficient (Wildman–Crippen LogP) is 4.48. The molecule has 2 aliphatic heterocycles. The standard InChI is InChI=1S/C26H35N3O4S/c30-25(16-31-21-11-12-23-24(14-21)33-19-32-23)29(15-22-10-7-13-34-22)26(17-27-28-18-26)20-8-5-3-1-2-4-6-9-20/h7,10-14,20,27-28H,1-6,8-9,15-19H2. The Hall–Kier alpha value is -2.29. The summed E-state index contributed by atoms with van der Waals surface area (Å²) in [6, 6.07) is 9.64. The highest BCUT2D eigenvalue weighted by molar-refractivity contribution is 7.09. The maximum Gasteiger partial charge on any atom is 0.261 e. The van der Waals surface area contributed by atoms with Crippen molar-refractivity contribution in [1.82, 2.24) is 15.8 Å². The molecule has 0 spiro atoms. The van der Waals surface area contributed by atoms with Gasteiger partial charge in [0.25, 0.3) is 5.91 Å². The Balaban J connectivity index is 1.37. The van der Waals surface area contributed by atoms with E-state index in [1.54, 1.807) is 17.4 Å². The monoisotopic (exact) mass is 485 g/mol. The number of hydrogen-bond donors (Lipinski definition) is 2. The van der Waals surface area contributed by atoms with Crippen molar-refractivity contribution in [2.45, 2.75) is 63.5 Å². The number of nitrogens with zero attached hydrogens (tertiary/aromatic N) is 1. The first-order chi connectivity index (χ1) is 16.7. The molecule has 184 valence electrons. The van der Waals surface area contributed by atoms with Crippen molar-refractivity contribution < 1.29 is 19.0 Å². The van der Waals surface area contributed by atoms with Gasteiger partial charge in [-0.05, 0) is 42.3 Å². The van der Waals surface area contributed by atoms with Crippen LogP contribution in [0.1, 0.15) is 56.2 Å². The number of amides is 1. The first-order valence-electron chi connectivity index (χ1n) is 12.6. The lowest BCUT2D eigenvalue weighted by atomic mass is 9.76. The van der Waals surface area contributed by atoms with Crippen LogP contribution in [0.4, 0.5) is 0 Å². The Labute approximate surface area is 205 Å². The van der Waals surface area contributed by atoms with Crippen LogP contribution in [0.3, 0.4) is 0 Å². The summed E-state index contributed by atoms with van der Waals surface area (Å²) in [5, 5.41) is 2.08. The minimum absolute atomic E-state index is 0.000507. The third-order valence-corrected chi connectivity index (χ3v) is 8.33. The van der Waals surface area contributed by atoms with Gasteiger partial charge < -0.3 is 19.1 Å². The van der Waals surface area contributed by atoms with E-state index in [0.717, 1.165) is 13.1 Å². The van der Waals surface area contributed by atoms with E-state index >= 15 is 0 Å². The summed E-state index contributed by atoms with van der Waals surface area (Å²) in [7, 11) is 0. The molecule has 0 atom stereocenters. The molecule has 0 unspecified atom stereocenters. The van der Waals surface area contributed by atoms with Gasteiger partial charge in [-0.2, -0.15) is 0 Å². The number of carbonyl (C=O) groups is 1. The maximum atomic E-state index is 13.8. The summed E-state index contributed by atoms with van der Waals surface area (Å²) in [6.45, 7) is 2.36. The molecule has 1 amide bonds. The van der Waals surface area contributed by atoms with Crippen LogP contribution in [0.5, 0.6) is 17.2 Å². The van der Waals surface area contributed by atoms with Gasteiger partial charge in [-0.1, -0.05) is 44.6 Å². The van der Waals surface area contributed by atoms with Crippen LogP contribution in [0.25, 0.3) is 0 Å². The summed E-state index contributed by atoms with van der Waals surface area (Å²) < 4.78 is 16.8. The average molecular weight is 486 g/mol. The van der Waals surface area contributed by atoms with Crippen molar-refractivity contribution in [3.05, 3.63) is 40.6 Å². The van der Waals surface area contributed by atoms with Gasteiger partial charge >= 0.3 is 0 Å². The number of thiophene rings is 1. The molecule has 1 aromatic heterocycles. The van der Waals surface area contributed by atoms with E-state index in [4.69, 9.17) is 14.2 Å². The lowest BCUT2D eigenvalue weighted by Crippen LogP contribution is -2.60. The van der Waals surface area contributed by atoms with Crippen LogP contribution in [0.15, 0.2) is 35.7 Å². The number of hydrazine groups is 1. The maximum absolute atomic E-state index is 13.8. The van der Waals surface area contributed by atoms with E-state index in [2.05, 4.69) is 33.3 Å². The highest BCUT2D eigenvalue weighted by atomic mass is 32.1. The lowest BCUT2D eigenvalue weighted by molar-refractivity contribution is -0.142. The van der Waals surface area contributed by atoms with E-state index in [1.165, 1.54) is 56.2 Å². The molecular formula is C26H35N3O4S. The molecule has 2 fully saturated rings. The molecule has 1 aliphatic carbocycles. The van der Waals surface area contributed by atoms with Gasteiger partial charge in [-0.3, -0.25) is 15.6 Å². The zero-order valence-corrected chi connectivity index (χ0v) is 20.5. The number of nitrogens with one attached hydrogen (secondary N) is 2. The lowest BCUT2D eigenvalue weighted by Gasteiger charge is -2.46. The van der Waals surface area contributed by atoms with Gasteiger partial charge in [0.1, 0.15) is 5.75 Å². The van der Waals surface area contributed by atoms with Gasteiger partial charge in [-0.25, -0.2) is 0 Å². The van der Waals surface area contributed by atoms with Crippen LogP contribution in [-0.2, 0) is 11.3 Å². The summed E-state index contributed by atoms with van der Waals surface area (Å²) >= 11 is 1.71. The second-order valence-electron chi connectivity index (χ2n) is 9.57. The number of carbonyl (C=O) groups excluding carboxylic acids is 1. The topological polar surface area (TPSA) is 72.1 Å². The molecule has 1 aromatic carbocycles. The van der Waals surface area contributed by atoms with Gasteiger partial charge in [0.15, 0.2) is 18.1 Å². The zero-order valence-electron chi connectivity index (χ0n) is 19.7. The number of rotatable bonds is 7. The van der Waals surface area contributed by atoms with Crippen LogP contribution in [-0.4, -0.2) is 42.8 Å². The highest BCUT2D eigenvalue weighted by Gasteiger charge is 2.48. The predicted molar refractivity (Wildman–Crippen MR) is 132 cm³/mol. The van der Waals surface area contributed by atoms with E-state index in [-0.39, 0.29) is 24.8 Å². The number of hydrogen-bond acceptors (Lipinski definition) is 7. The minimum atomic E-state index is -0.260. The highest BCUT2D eigenvalue weighted by Crippen LogP contribution is 2.38. The fourth-order valence-corrected chi connectivity index (χ4v) is 6.30. The van der Waals surface area contributed by atoms with Crippen LogP contribution < -0.4 is 25.1 Å². The molecule has 3 heterocycles. The molecule has 2 aromatic rings. The third-order valence-electron chi connectivity index (χ3n) is 7.47. The summed E-state index contributed by atoms with van der Waals surface area (Å²) in [4.78, 5) is 17.1. The normalized spacial score (nSPS) is 20.4. The van der Waals surface area contributed by atoms with Gasteiger partial charge in [0.05, 0.1) is 12.1 Å². The van der Waals surface area contributed by atoms with Crippen molar-refractivity contribution in [2.75, 3.05) is 26.5 Å². The van der Waals surface area contributed by atoms with Gasteiger partial charge in [0, 0.05) is 24.0 Å². The van der Waals surface area contributed by atoms with E-state index in [9.17, 15) is 4.79 Å². The molecule has 0 bridgehead atoms. The van der Waals surface area contributed by atoms with E-state index in [0.29, 0.717) is 29.7 Å². The summed E-state index contributed by atoms with van der Waals surface area (Å²) in [5.74, 6) is 2.47. The number of benzene rings is 1. The van der Waals surface area contributed by atoms with Crippen LogP contribution in [0.2, 0.25) is 0 Å². The number of fused-ring (bicyclic) bond motifs is 1. The van der Waals surface area contributed by atoms with Crippen LogP contribution in [0, 0.1) is 5.92 Å². The quantitative estimate of drug-likeness (QED) is 0.603. The first-order valence-corrected chi connectivity index (χ1v) is 13.4. The van der Waals surface area contributed by atoms with E-state index < -0.39 is 0 Å². The van der Waals surface area contributed by atoms with Crippen molar-refractivity contribution >= 4 is 17.2 Å². The summed E-state index contributed by atoms with van der Waals surface area (Å²) in [6.07, 6.45) is 10.1. The second-order valence-corrected chi connectivity index (χ2v) is 10.6. The molecule has 1 saturated heterocycles. The molecule has 5 rings (SSSR count). The molecule has 1 saturated carbocycles. The molecule has 3 aliphatic rings. The Kier molecular flexibility index (Phi) is 7.57. The van der Waals surface area contributed by atoms with Crippen molar-refractivity contribution in [3.8, 4) is 17.2 Å².